The normalized spacial score (nSPS) is 47.6. The van der Waals surface area contributed by atoms with Crippen LogP contribution >= 0.6 is 0 Å². The van der Waals surface area contributed by atoms with Crippen molar-refractivity contribution >= 4 is 7.28 Å². The molecule has 1 fully saturated rings. The van der Waals surface area contributed by atoms with Crippen molar-refractivity contribution in [3.8, 4) is 0 Å². The van der Waals surface area contributed by atoms with Crippen LogP contribution in [0, 0.1) is 0 Å². The molecule has 0 aromatic heterocycles. The lowest BCUT2D eigenvalue weighted by molar-refractivity contribution is 1.02. The van der Waals surface area contributed by atoms with Crippen LogP contribution in [-0.4, -0.2) is 7.28 Å². The van der Waals surface area contributed by atoms with E-state index in [1.54, 1.807) is 0 Å². The second kappa shape index (κ2) is 0.765. The molecule has 1 saturated heterocycles. The van der Waals surface area contributed by atoms with Gasteiger partial charge in [-0.15, -0.1) is 0 Å². The van der Waals surface area contributed by atoms with Crippen molar-refractivity contribution in [1.82, 2.24) is 0 Å². The molecule has 0 aromatic carbocycles. The summed E-state index contributed by atoms with van der Waals surface area (Å²) in [6.07, 6.45) is 0. The minimum absolute atomic E-state index is 0.926. The van der Waals surface area contributed by atoms with E-state index in [0.717, 1.165) is 11.6 Å². The van der Waals surface area contributed by atoms with Gasteiger partial charge in [-0.2, -0.15) is 0 Å². The summed E-state index contributed by atoms with van der Waals surface area (Å²) in [5.74, 6) is 1.85. The molecule has 0 nitrogen and oxygen atoms in total. The maximum atomic E-state index is 2.33. The van der Waals surface area contributed by atoms with Crippen LogP contribution in [0.15, 0.2) is 0 Å². The lowest BCUT2D eigenvalue weighted by atomic mass is 10.0. The Labute approximate surface area is 33.8 Å². The van der Waals surface area contributed by atoms with E-state index in [2.05, 4.69) is 21.1 Å². The fraction of sp³-hybridized carbons (Fsp3) is 1.00. The molecule has 0 bridgehead atoms. The minimum atomic E-state index is 0.926. The van der Waals surface area contributed by atoms with Gasteiger partial charge in [0.2, 0.25) is 0 Å². The van der Waals surface area contributed by atoms with Crippen molar-refractivity contribution in [3.05, 3.63) is 0 Å². The van der Waals surface area contributed by atoms with E-state index >= 15 is 0 Å². The van der Waals surface area contributed by atoms with Crippen LogP contribution in [0.4, 0.5) is 0 Å². The molecular formula is C4H8B. The summed E-state index contributed by atoms with van der Waals surface area (Å²) in [6.45, 7) is 4.48. The molecule has 27 valence electrons. The fourth-order valence-electron chi connectivity index (χ4n) is 0.415. The van der Waals surface area contributed by atoms with Crippen molar-refractivity contribution in [2.45, 2.75) is 25.5 Å². The predicted molar refractivity (Wildman–Crippen MR) is 24.6 cm³/mol. The van der Waals surface area contributed by atoms with Gasteiger partial charge in [0.15, 0.2) is 0 Å². The summed E-state index contributed by atoms with van der Waals surface area (Å²) in [5, 5.41) is 0. The second-order valence-corrected chi connectivity index (χ2v) is 1.91. The SMILES string of the molecule is CC1[B]C1C. The zero-order valence-electron chi connectivity index (χ0n) is 3.73. The van der Waals surface area contributed by atoms with E-state index in [1.165, 1.54) is 0 Å². The first kappa shape index (κ1) is 3.26. The molecule has 0 aromatic rings. The van der Waals surface area contributed by atoms with Gasteiger partial charge in [0.05, 0.1) is 0 Å². The molecule has 0 saturated carbocycles. The third-order valence-corrected chi connectivity index (χ3v) is 1.30. The predicted octanol–water partition coefficient (Wildman–Crippen LogP) is 1.32. The first-order valence-electron chi connectivity index (χ1n) is 2.15. The van der Waals surface area contributed by atoms with Crippen LogP contribution in [0.2, 0.25) is 11.6 Å². The van der Waals surface area contributed by atoms with Gasteiger partial charge in [0.1, 0.15) is 7.28 Å². The first-order valence-corrected chi connectivity index (χ1v) is 2.15. The van der Waals surface area contributed by atoms with Crippen molar-refractivity contribution in [2.24, 2.45) is 0 Å². The van der Waals surface area contributed by atoms with E-state index in [0.29, 0.717) is 0 Å². The summed E-state index contributed by atoms with van der Waals surface area (Å²) in [4.78, 5) is 0. The molecule has 1 aliphatic rings. The van der Waals surface area contributed by atoms with E-state index in [9.17, 15) is 0 Å². The van der Waals surface area contributed by atoms with Crippen LogP contribution in [0.5, 0.6) is 0 Å². The van der Waals surface area contributed by atoms with Gasteiger partial charge in [-0.25, -0.2) is 0 Å². The Kier molecular flexibility index (Phi) is 0.499. The zero-order chi connectivity index (χ0) is 3.86. The fourth-order valence-corrected chi connectivity index (χ4v) is 0.415. The zero-order valence-corrected chi connectivity index (χ0v) is 3.73. The average Bonchev–Trinajstić information content (AvgIpc) is 1.79. The molecule has 0 aliphatic carbocycles. The van der Waals surface area contributed by atoms with Crippen LogP contribution in [-0.2, 0) is 0 Å². The third kappa shape index (κ3) is 0.471. The maximum Gasteiger partial charge on any atom is 0.115 e. The highest BCUT2D eigenvalue weighted by Gasteiger charge is 2.28. The van der Waals surface area contributed by atoms with E-state index < -0.39 is 0 Å². The third-order valence-electron chi connectivity index (χ3n) is 1.30. The summed E-state index contributed by atoms with van der Waals surface area (Å²) < 4.78 is 0. The Morgan fingerprint density at radius 1 is 1.20 bits per heavy atom. The van der Waals surface area contributed by atoms with Gasteiger partial charge in [-0.3, -0.25) is 0 Å². The standard InChI is InChI=1S/C4H8B/c1-3-4(2)5-3/h3-4H,1-2H3. The van der Waals surface area contributed by atoms with Crippen molar-refractivity contribution in [2.75, 3.05) is 0 Å². The topological polar surface area (TPSA) is 0 Å². The van der Waals surface area contributed by atoms with Crippen molar-refractivity contribution in [1.29, 1.82) is 0 Å². The molecule has 0 N–H and O–H groups in total. The monoisotopic (exact) mass is 67.1 g/mol. The van der Waals surface area contributed by atoms with Crippen LogP contribution in [0.1, 0.15) is 13.8 Å². The Hall–Kier alpha value is 0.0649. The number of hydrogen-bond donors (Lipinski definition) is 0. The smallest absolute Gasteiger partial charge is 0.0758 e. The molecule has 5 heavy (non-hydrogen) atoms. The van der Waals surface area contributed by atoms with Gasteiger partial charge >= 0.3 is 0 Å². The highest BCUT2D eigenvalue weighted by Crippen LogP contribution is 2.39. The largest absolute Gasteiger partial charge is 0.115 e. The Balaban J connectivity index is 2.20. The lowest BCUT2D eigenvalue weighted by Gasteiger charge is -1.69. The van der Waals surface area contributed by atoms with E-state index in [1.807, 2.05) is 0 Å². The molecule has 1 radical (unpaired) electrons. The summed E-state index contributed by atoms with van der Waals surface area (Å²) >= 11 is 0. The molecule has 0 spiro atoms. The van der Waals surface area contributed by atoms with Crippen molar-refractivity contribution in [3.63, 3.8) is 0 Å². The van der Waals surface area contributed by atoms with Crippen LogP contribution in [0.25, 0.3) is 0 Å². The highest BCUT2D eigenvalue weighted by atomic mass is 14.1. The summed E-state index contributed by atoms with van der Waals surface area (Å²) in [6, 6.07) is 0. The second-order valence-electron chi connectivity index (χ2n) is 1.91. The number of hydrogen-bond acceptors (Lipinski definition) is 0. The van der Waals surface area contributed by atoms with Crippen LogP contribution < -0.4 is 0 Å². The summed E-state index contributed by atoms with van der Waals surface area (Å²) in [5.41, 5.74) is 0. The van der Waals surface area contributed by atoms with Gasteiger partial charge < -0.3 is 0 Å². The first-order chi connectivity index (χ1) is 2.30. The highest BCUT2D eigenvalue weighted by molar-refractivity contribution is 6.53. The molecule has 1 aliphatic heterocycles. The van der Waals surface area contributed by atoms with Gasteiger partial charge in [0, 0.05) is 0 Å². The molecule has 2 unspecified atom stereocenters. The maximum absolute atomic E-state index is 2.33. The number of rotatable bonds is 0. The molecule has 2 atom stereocenters. The molecular weight excluding hydrogens is 58.9 g/mol. The van der Waals surface area contributed by atoms with E-state index in [-0.39, 0.29) is 0 Å². The molecule has 0 amide bonds. The Bertz CT molecular complexity index is 36.9. The van der Waals surface area contributed by atoms with Crippen molar-refractivity contribution < 1.29 is 0 Å². The van der Waals surface area contributed by atoms with Gasteiger partial charge in [0.25, 0.3) is 0 Å². The Morgan fingerprint density at radius 3 is 1.40 bits per heavy atom. The van der Waals surface area contributed by atoms with Gasteiger partial charge in [-0.1, -0.05) is 25.5 Å². The Morgan fingerprint density at radius 2 is 1.40 bits per heavy atom. The van der Waals surface area contributed by atoms with E-state index in [4.69, 9.17) is 0 Å². The average molecular weight is 66.9 g/mol. The van der Waals surface area contributed by atoms with Crippen LogP contribution in [0.3, 0.4) is 0 Å². The molecule has 1 heterocycles. The molecule has 1 rings (SSSR count). The summed E-state index contributed by atoms with van der Waals surface area (Å²) in [7, 11) is 2.33. The lowest BCUT2D eigenvalue weighted by Crippen LogP contribution is -1.42. The molecule has 1 heteroatoms. The quantitative estimate of drug-likeness (QED) is 0.375. The minimum Gasteiger partial charge on any atom is -0.0758 e. The van der Waals surface area contributed by atoms with Gasteiger partial charge in [-0.05, 0) is 0 Å².